The zero-order valence-electron chi connectivity index (χ0n) is 15.7. The summed E-state index contributed by atoms with van der Waals surface area (Å²) in [7, 11) is 0. The molecule has 0 radical (unpaired) electrons. The Bertz CT molecular complexity index is 1200. The fourth-order valence-electron chi connectivity index (χ4n) is 3.12. The molecule has 4 aromatic rings. The van der Waals surface area contributed by atoms with E-state index in [0.29, 0.717) is 16.0 Å². The lowest BCUT2D eigenvalue weighted by Crippen LogP contribution is -2.30. The predicted molar refractivity (Wildman–Crippen MR) is 120 cm³/mol. The van der Waals surface area contributed by atoms with Gasteiger partial charge in [-0.3, -0.25) is 9.36 Å². The monoisotopic (exact) mass is 470 g/mol. The fraction of sp³-hybridized carbons (Fsp3) is 0.182. The summed E-state index contributed by atoms with van der Waals surface area (Å²) in [4.78, 5) is 18.2. The molecule has 0 saturated carbocycles. The van der Waals surface area contributed by atoms with Crippen LogP contribution in [-0.4, -0.2) is 27.4 Å². The van der Waals surface area contributed by atoms with Gasteiger partial charge < -0.3 is 9.84 Å². The van der Waals surface area contributed by atoms with Gasteiger partial charge in [-0.05, 0) is 42.3 Å². The van der Waals surface area contributed by atoms with Gasteiger partial charge in [0.15, 0.2) is 0 Å². The van der Waals surface area contributed by atoms with Crippen molar-refractivity contribution in [3.05, 3.63) is 80.6 Å². The van der Waals surface area contributed by atoms with E-state index in [4.69, 9.17) is 4.74 Å². The van der Waals surface area contributed by atoms with Crippen molar-refractivity contribution in [2.45, 2.75) is 19.6 Å². The number of benzene rings is 2. The third-order valence-electron chi connectivity index (χ3n) is 4.56. The third-order valence-corrected chi connectivity index (χ3v) is 5.97. The molecule has 148 valence electrons. The van der Waals surface area contributed by atoms with Gasteiger partial charge in [0.2, 0.25) is 0 Å². The number of aryl methyl sites for hydroxylation is 1. The molecule has 0 bridgehead atoms. The zero-order chi connectivity index (χ0) is 20.4. The first-order valence-corrected chi connectivity index (χ1v) is 10.8. The van der Waals surface area contributed by atoms with E-state index in [1.807, 2.05) is 60.8 Å². The molecule has 4 rings (SSSR count). The molecule has 1 atom stereocenters. The number of aliphatic hydroxyl groups excluding tert-OH is 1. The molecule has 7 heteroatoms. The first kappa shape index (κ1) is 19.8. The van der Waals surface area contributed by atoms with E-state index in [9.17, 15) is 9.90 Å². The van der Waals surface area contributed by atoms with E-state index in [2.05, 4.69) is 20.9 Å². The van der Waals surface area contributed by atoms with Crippen LogP contribution in [-0.2, 0) is 6.54 Å². The molecule has 29 heavy (non-hydrogen) atoms. The maximum absolute atomic E-state index is 13.1. The summed E-state index contributed by atoms with van der Waals surface area (Å²) < 4.78 is 8.08. The highest BCUT2D eigenvalue weighted by atomic mass is 79.9. The molecule has 0 spiro atoms. The highest BCUT2D eigenvalue weighted by molar-refractivity contribution is 9.10. The number of hydrogen-bond donors (Lipinski definition) is 1. The van der Waals surface area contributed by atoms with Gasteiger partial charge in [-0.25, -0.2) is 4.98 Å². The molecule has 1 N–H and O–H groups in total. The summed E-state index contributed by atoms with van der Waals surface area (Å²) in [6.45, 7) is 2.19. The van der Waals surface area contributed by atoms with Gasteiger partial charge >= 0.3 is 0 Å². The Hall–Kier alpha value is -2.48. The van der Waals surface area contributed by atoms with Crippen molar-refractivity contribution in [3.63, 3.8) is 0 Å². The Morgan fingerprint density at radius 2 is 2.03 bits per heavy atom. The van der Waals surface area contributed by atoms with Gasteiger partial charge in [0, 0.05) is 15.4 Å². The molecular formula is C22H19BrN2O3S. The van der Waals surface area contributed by atoms with Crippen molar-refractivity contribution in [3.8, 4) is 16.9 Å². The highest BCUT2D eigenvalue weighted by Crippen LogP contribution is 2.31. The number of aromatic nitrogens is 2. The SMILES string of the molecule is Cc1cccc(OC[C@@H](O)Cn2cnc3scc(-c4ccc(Br)cc4)c3c2=O)c1. The van der Waals surface area contributed by atoms with Crippen molar-refractivity contribution in [1.29, 1.82) is 0 Å². The first-order valence-electron chi connectivity index (χ1n) is 9.11. The van der Waals surface area contributed by atoms with E-state index in [1.54, 1.807) is 0 Å². The Labute approximate surface area is 180 Å². The van der Waals surface area contributed by atoms with Gasteiger partial charge in [-0.15, -0.1) is 11.3 Å². The van der Waals surface area contributed by atoms with Crippen molar-refractivity contribution in [2.24, 2.45) is 0 Å². The second-order valence-corrected chi connectivity index (χ2v) is 8.59. The number of fused-ring (bicyclic) bond motifs is 1. The van der Waals surface area contributed by atoms with Crippen molar-refractivity contribution >= 4 is 37.5 Å². The summed E-state index contributed by atoms with van der Waals surface area (Å²) in [5.41, 5.74) is 2.74. The van der Waals surface area contributed by atoms with Crippen LogP contribution in [0.15, 0.2) is 69.5 Å². The molecular weight excluding hydrogens is 452 g/mol. The Morgan fingerprint density at radius 3 is 2.79 bits per heavy atom. The summed E-state index contributed by atoms with van der Waals surface area (Å²) in [6, 6.07) is 15.4. The largest absolute Gasteiger partial charge is 0.491 e. The van der Waals surface area contributed by atoms with E-state index in [-0.39, 0.29) is 18.7 Å². The second-order valence-electron chi connectivity index (χ2n) is 6.82. The van der Waals surface area contributed by atoms with E-state index in [1.165, 1.54) is 22.2 Å². The molecule has 0 amide bonds. The smallest absolute Gasteiger partial charge is 0.262 e. The lowest BCUT2D eigenvalue weighted by atomic mass is 10.1. The molecule has 0 aliphatic carbocycles. The molecule has 2 aromatic carbocycles. The number of nitrogens with zero attached hydrogens (tertiary/aromatic N) is 2. The molecule has 0 unspecified atom stereocenters. The highest BCUT2D eigenvalue weighted by Gasteiger charge is 2.15. The summed E-state index contributed by atoms with van der Waals surface area (Å²) >= 11 is 4.87. The maximum atomic E-state index is 13.1. The molecule has 0 aliphatic rings. The summed E-state index contributed by atoms with van der Waals surface area (Å²) in [6.07, 6.45) is 0.657. The number of halogens is 1. The van der Waals surface area contributed by atoms with E-state index in [0.717, 1.165) is 21.2 Å². The minimum atomic E-state index is -0.831. The molecule has 0 aliphatic heterocycles. The maximum Gasteiger partial charge on any atom is 0.262 e. The average molecular weight is 471 g/mol. The zero-order valence-corrected chi connectivity index (χ0v) is 18.1. The average Bonchev–Trinajstić information content (AvgIpc) is 3.14. The minimum Gasteiger partial charge on any atom is -0.491 e. The lowest BCUT2D eigenvalue weighted by molar-refractivity contribution is 0.0914. The minimum absolute atomic E-state index is 0.0944. The Morgan fingerprint density at radius 1 is 1.24 bits per heavy atom. The van der Waals surface area contributed by atoms with Crippen LogP contribution in [0.25, 0.3) is 21.3 Å². The standard InChI is InChI=1S/C22H19BrN2O3S/c1-14-3-2-4-18(9-14)28-11-17(26)10-25-13-24-21-20(22(25)27)19(12-29-21)15-5-7-16(23)8-6-15/h2-9,12-13,17,26H,10-11H2,1H3/t17-/m0/s1. The normalized spacial score (nSPS) is 12.2. The molecule has 0 fully saturated rings. The number of hydrogen-bond acceptors (Lipinski definition) is 5. The van der Waals surface area contributed by atoms with Crippen LogP contribution < -0.4 is 10.3 Å². The van der Waals surface area contributed by atoms with Gasteiger partial charge in [0.25, 0.3) is 5.56 Å². The number of aliphatic hydroxyl groups is 1. The van der Waals surface area contributed by atoms with Crippen LogP contribution in [0.2, 0.25) is 0 Å². The molecule has 5 nitrogen and oxygen atoms in total. The summed E-state index contributed by atoms with van der Waals surface area (Å²) in [5.74, 6) is 0.695. The van der Waals surface area contributed by atoms with E-state index >= 15 is 0 Å². The second kappa shape index (κ2) is 8.49. The summed E-state index contributed by atoms with van der Waals surface area (Å²) in [5, 5.41) is 12.9. The number of thiophene rings is 1. The van der Waals surface area contributed by atoms with Crippen molar-refractivity contribution < 1.29 is 9.84 Å². The Balaban J connectivity index is 1.56. The number of rotatable bonds is 6. The third kappa shape index (κ3) is 4.42. The molecule has 0 saturated heterocycles. The Kier molecular flexibility index (Phi) is 5.80. The number of ether oxygens (including phenoxy) is 1. The van der Waals surface area contributed by atoms with Crippen molar-refractivity contribution in [1.82, 2.24) is 9.55 Å². The quantitative estimate of drug-likeness (QED) is 0.445. The first-order chi connectivity index (χ1) is 14.0. The van der Waals surface area contributed by atoms with Gasteiger partial charge in [-0.2, -0.15) is 0 Å². The predicted octanol–water partition coefficient (Wildman–Crippen LogP) is 4.64. The topological polar surface area (TPSA) is 64.3 Å². The lowest BCUT2D eigenvalue weighted by Gasteiger charge is -2.14. The van der Waals surface area contributed by atoms with Crippen molar-refractivity contribution in [2.75, 3.05) is 6.61 Å². The molecule has 2 heterocycles. The molecule has 2 aromatic heterocycles. The van der Waals surface area contributed by atoms with Crippen LogP contribution in [0.1, 0.15) is 5.56 Å². The van der Waals surface area contributed by atoms with Crippen LogP contribution >= 0.6 is 27.3 Å². The van der Waals surface area contributed by atoms with Crippen LogP contribution in [0.4, 0.5) is 0 Å². The van der Waals surface area contributed by atoms with Crippen LogP contribution in [0, 0.1) is 6.92 Å². The fourth-order valence-corrected chi connectivity index (χ4v) is 4.29. The van der Waals surface area contributed by atoms with Gasteiger partial charge in [0.1, 0.15) is 23.3 Å². The van der Waals surface area contributed by atoms with Crippen LogP contribution in [0.3, 0.4) is 0 Å². The van der Waals surface area contributed by atoms with Crippen LogP contribution in [0.5, 0.6) is 5.75 Å². The van der Waals surface area contributed by atoms with Gasteiger partial charge in [-0.1, -0.05) is 40.2 Å². The van der Waals surface area contributed by atoms with Gasteiger partial charge in [0.05, 0.1) is 18.3 Å². The van der Waals surface area contributed by atoms with E-state index < -0.39 is 6.10 Å².